The van der Waals surface area contributed by atoms with E-state index in [9.17, 15) is 14.0 Å². The number of hydrogen-bond acceptors (Lipinski definition) is 3. The molecule has 0 saturated carbocycles. The maximum atomic E-state index is 13.5. The molecule has 5 nitrogen and oxygen atoms in total. The molecular formula is C16H17FN2O3. The van der Waals surface area contributed by atoms with Crippen LogP contribution in [-0.2, 0) is 9.59 Å². The third kappa shape index (κ3) is 3.00. The normalized spacial score (nSPS) is 15.1. The molecule has 0 spiro atoms. The van der Waals surface area contributed by atoms with Gasteiger partial charge in [0.1, 0.15) is 5.82 Å². The fraction of sp³-hybridized carbons (Fsp3) is 0.250. The Bertz CT molecular complexity index is 703. The van der Waals surface area contributed by atoms with Crippen LogP contribution in [0.4, 0.5) is 10.1 Å². The first-order chi connectivity index (χ1) is 10.3. The Hall–Kier alpha value is -2.63. The van der Waals surface area contributed by atoms with E-state index in [0.29, 0.717) is 16.9 Å². The molecule has 0 unspecified atom stereocenters. The van der Waals surface area contributed by atoms with Crippen molar-refractivity contribution in [2.24, 2.45) is 5.73 Å². The summed E-state index contributed by atoms with van der Waals surface area (Å²) in [6.45, 7) is 3.64. The van der Waals surface area contributed by atoms with Gasteiger partial charge in [-0.15, -0.1) is 0 Å². The number of nitrogens with zero attached hydrogens (tertiary/aromatic N) is 1. The number of carboxylic acid groups (broad SMARTS) is 1. The second-order valence-corrected chi connectivity index (χ2v) is 5.28. The number of allylic oxidation sites excluding steroid dienone is 2. The minimum Gasteiger partial charge on any atom is -0.481 e. The van der Waals surface area contributed by atoms with Crippen molar-refractivity contribution in [3.8, 4) is 0 Å². The molecule has 0 atom stereocenters. The van der Waals surface area contributed by atoms with Crippen LogP contribution in [0.25, 0.3) is 5.57 Å². The number of aliphatic carboxylic acids is 1. The standard InChI is InChI=1S/C16H17FN2O3/c1-9(2)13(18)8-12-11-7-10(17)3-4-14(11)19(16(12)22)6-5-15(20)21/h3-4,7-8H,5-6,18H2,1-2H3,(H,20,21)/b12-8-. The summed E-state index contributed by atoms with van der Waals surface area (Å²) in [5.74, 6) is -1.84. The molecule has 1 aromatic rings. The predicted molar refractivity (Wildman–Crippen MR) is 81.5 cm³/mol. The molecule has 0 aliphatic carbocycles. The molecule has 1 heterocycles. The molecule has 1 amide bonds. The largest absolute Gasteiger partial charge is 0.481 e. The van der Waals surface area contributed by atoms with E-state index in [-0.39, 0.29) is 24.4 Å². The number of benzene rings is 1. The highest BCUT2D eigenvalue weighted by molar-refractivity contribution is 6.32. The second-order valence-electron chi connectivity index (χ2n) is 5.28. The van der Waals surface area contributed by atoms with Crippen LogP contribution < -0.4 is 10.6 Å². The molecule has 0 fully saturated rings. The zero-order valence-corrected chi connectivity index (χ0v) is 12.4. The average molecular weight is 304 g/mol. The molecular weight excluding hydrogens is 287 g/mol. The quantitative estimate of drug-likeness (QED) is 0.836. The van der Waals surface area contributed by atoms with Gasteiger partial charge in [0.2, 0.25) is 0 Å². The van der Waals surface area contributed by atoms with Gasteiger partial charge in [0.25, 0.3) is 5.91 Å². The molecule has 0 radical (unpaired) electrons. The molecule has 1 aromatic carbocycles. The summed E-state index contributed by atoms with van der Waals surface area (Å²) >= 11 is 0. The maximum absolute atomic E-state index is 13.5. The number of hydrogen-bond donors (Lipinski definition) is 2. The van der Waals surface area contributed by atoms with E-state index in [1.165, 1.54) is 29.2 Å². The van der Waals surface area contributed by atoms with Crippen LogP contribution in [0.5, 0.6) is 0 Å². The topological polar surface area (TPSA) is 83.6 Å². The van der Waals surface area contributed by atoms with Gasteiger partial charge in [0.05, 0.1) is 17.7 Å². The van der Waals surface area contributed by atoms with Crippen LogP contribution in [0.3, 0.4) is 0 Å². The summed E-state index contributed by atoms with van der Waals surface area (Å²) in [6.07, 6.45) is 1.32. The van der Waals surface area contributed by atoms with Gasteiger partial charge in [0, 0.05) is 17.8 Å². The third-order valence-electron chi connectivity index (χ3n) is 3.44. The summed E-state index contributed by atoms with van der Waals surface area (Å²) < 4.78 is 13.5. The molecule has 116 valence electrons. The van der Waals surface area contributed by atoms with Gasteiger partial charge in [0.15, 0.2) is 0 Å². The zero-order valence-electron chi connectivity index (χ0n) is 12.4. The van der Waals surface area contributed by atoms with Gasteiger partial charge in [-0.25, -0.2) is 4.39 Å². The molecule has 0 saturated heterocycles. The Morgan fingerprint density at radius 2 is 2.09 bits per heavy atom. The summed E-state index contributed by atoms with van der Waals surface area (Å²) in [5.41, 5.74) is 8.34. The molecule has 1 aliphatic rings. The van der Waals surface area contributed by atoms with E-state index in [2.05, 4.69) is 0 Å². The molecule has 2 rings (SSSR count). The molecule has 0 bridgehead atoms. The van der Waals surface area contributed by atoms with Gasteiger partial charge in [-0.2, -0.15) is 0 Å². The summed E-state index contributed by atoms with van der Waals surface area (Å²) in [7, 11) is 0. The smallest absolute Gasteiger partial charge is 0.305 e. The average Bonchev–Trinajstić information content (AvgIpc) is 2.69. The van der Waals surface area contributed by atoms with Crippen LogP contribution in [0.2, 0.25) is 0 Å². The second kappa shape index (κ2) is 6.01. The van der Waals surface area contributed by atoms with Crippen molar-refractivity contribution in [3.63, 3.8) is 0 Å². The molecule has 1 aliphatic heterocycles. The molecule has 3 N–H and O–H groups in total. The SMILES string of the molecule is CC(C)=C(N)/C=C1\C(=O)N(CCC(=O)O)c2ccc(F)cc21. The van der Waals surface area contributed by atoms with E-state index >= 15 is 0 Å². The predicted octanol–water partition coefficient (Wildman–Crippen LogP) is 2.28. The number of amides is 1. The van der Waals surface area contributed by atoms with Crippen LogP contribution in [0.1, 0.15) is 25.8 Å². The number of carboxylic acids is 1. The number of fused-ring (bicyclic) bond motifs is 1. The fourth-order valence-electron chi connectivity index (χ4n) is 2.20. The van der Waals surface area contributed by atoms with E-state index < -0.39 is 11.8 Å². The van der Waals surface area contributed by atoms with E-state index in [1.54, 1.807) is 13.8 Å². The first-order valence-electron chi connectivity index (χ1n) is 6.79. The van der Waals surface area contributed by atoms with E-state index in [0.717, 1.165) is 5.57 Å². The number of rotatable bonds is 4. The lowest BCUT2D eigenvalue weighted by Crippen LogP contribution is -2.29. The highest BCUT2D eigenvalue weighted by Crippen LogP contribution is 2.37. The van der Waals surface area contributed by atoms with Gasteiger partial charge in [-0.1, -0.05) is 5.57 Å². The Morgan fingerprint density at radius 1 is 1.41 bits per heavy atom. The van der Waals surface area contributed by atoms with Crippen molar-refractivity contribution >= 4 is 23.1 Å². The summed E-state index contributed by atoms with van der Waals surface area (Å²) in [4.78, 5) is 24.6. The van der Waals surface area contributed by atoms with Crippen molar-refractivity contribution in [2.45, 2.75) is 20.3 Å². The maximum Gasteiger partial charge on any atom is 0.305 e. The zero-order chi connectivity index (χ0) is 16.4. The van der Waals surface area contributed by atoms with Crippen LogP contribution in [0.15, 0.2) is 35.5 Å². The highest BCUT2D eigenvalue weighted by Gasteiger charge is 2.32. The summed E-state index contributed by atoms with van der Waals surface area (Å²) in [5, 5.41) is 8.80. The van der Waals surface area contributed by atoms with Crippen molar-refractivity contribution in [2.75, 3.05) is 11.4 Å². The van der Waals surface area contributed by atoms with Crippen LogP contribution >= 0.6 is 0 Å². The first kappa shape index (κ1) is 15.8. The van der Waals surface area contributed by atoms with E-state index in [4.69, 9.17) is 10.8 Å². The van der Waals surface area contributed by atoms with Crippen LogP contribution in [-0.4, -0.2) is 23.5 Å². The highest BCUT2D eigenvalue weighted by atomic mass is 19.1. The minimum atomic E-state index is -1.00. The van der Waals surface area contributed by atoms with E-state index in [1.807, 2.05) is 0 Å². The first-order valence-corrected chi connectivity index (χ1v) is 6.79. The fourth-order valence-corrected chi connectivity index (χ4v) is 2.20. The third-order valence-corrected chi connectivity index (χ3v) is 3.44. The van der Waals surface area contributed by atoms with Gasteiger partial charge >= 0.3 is 5.97 Å². The number of nitrogens with two attached hydrogens (primary N) is 1. The van der Waals surface area contributed by atoms with Gasteiger partial charge < -0.3 is 15.7 Å². The Morgan fingerprint density at radius 3 is 2.68 bits per heavy atom. The number of halogens is 1. The number of carbonyl (C=O) groups is 2. The van der Waals surface area contributed by atoms with Gasteiger partial charge in [-0.05, 0) is 38.1 Å². The van der Waals surface area contributed by atoms with Crippen molar-refractivity contribution in [1.29, 1.82) is 0 Å². The van der Waals surface area contributed by atoms with Crippen molar-refractivity contribution in [1.82, 2.24) is 0 Å². The van der Waals surface area contributed by atoms with Crippen molar-refractivity contribution < 1.29 is 19.1 Å². The summed E-state index contributed by atoms with van der Waals surface area (Å²) in [6, 6.07) is 3.98. The Balaban J connectivity index is 2.50. The molecule has 22 heavy (non-hydrogen) atoms. The van der Waals surface area contributed by atoms with Crippen LogP contribution in [0, 0.1) is 5.82 Å². The van der Waals surface area contributed by atoms with Gasteiger partial charge in [-0.3, -0.25) is 9.59 Å². The Labute approximate surface area is 127 Å². The molecule has 0 aromatic heterocycles. The molecule has 6 heteroatoms. The lowest BCUT2D eigenvalue weighted by atomic mass is 10.1. The number of anilines is 1. The monoisotopic (exact) mass is 304 g/mol. The Kier molecular flexibility index (Phi) is 4.30. The minimum absolute atomic E-state index is 0.0267. The van der Waals surface area contributed by atoms with Crippen molar-refractivity contribution in [3.05, 3.63) is 46.9 Å². The number of carbonyl (C=O) groups excluding carboxylic acids is 1. The lowest BCUT2D eigenvalue weighted by molar-refractivity contribution is -0.136. The lowest BCUT2D eigenvalue weighted by Gasteiger charge is -2.15.